The number of aromatic nitrogens is 3. The van der Waals surface area contributed by atoms with E-state index < -0.39 is 5.60 Å². The average Bonchev–Trinajstić information content (AvgIpc) is 2.75. The molecule has 0 aliphatic heterocycles. The van der Waals surface area contributed by atoms with Crippen LogP contribution < -0.4 is 5.32 Å². The van der Waals surface area contributed by atoms with E-state index in [0.717, 1.165) is 17.1 Å². The monoisotopic (exact) mass is 260 g/mol. The fourth-order valence-corrected chi connectivity index (χ4v) is 1.69. The summed E-state index contributed by atoms with van der Waals surface area (Å²) in [6, 6.07) is 7.90. The molecule has 1 aromatic carbocycles. The molecule has 0 aliphatic rings. The first-order valence-corrected chi connectivity index (χ1v) is 6.31. The van der Waals surface area contributed by atoms with Crippen LogP contribution >= 0.6 is 0 Å². The summed E-state index contributed by atoms with van der Waals surface area (Å²) in [6.07, 6.45) is 1.68. The van der Waals surface area contributed by atoms with Gasteiger partial charge < -0.3 is 15.0 Å². The van der Waals surface area contributed by atoms with Crippen LogP contribution in [-0.4, -0.2) is 31.5 Å². The molecule has 0 fully saturated rings. The average molecular weight is 260 g/mol. The minimum absolute atomic E-state index is 0.0341. The van der Waals surface area contributed by atoms with Crippen LogP contribution in [0.4, 0.5) is 5.69 Å². The number of nitrogens with zero attached hydrogens (tertiary/aromatic N) is 3. The highest BCUT2D eigenvalue weighted by molar-refractivity contribution is 5.60. The summed E-state index contributed by atoms with van der Waals surface area (Å²) in [7, 11) is 1.91. The normalized spacial score (nSPS) is 13.3. The summed E-state index contributed by atoms with van der Waals surface area (Å²) in [4.78, 5) is 0. The molecule has 5 nitrogen and oxygen atoms in total. The molecule has 19 heavy (non-hydrogen) atoms. The van der Waals surface area contributed by atoms with Crippen LogP contribution in [-0.2, 0) is 7.05 Å². The van der Waals surface area contributed by atoms with E-state index in [4.69, 9.17) is 0 Å². The number of nitrogens with one attached hydrogen (secondary N) is 1. The molecular formula is C14H20N4O. The fourth-order valence-electron chi connectivity index (χ4n) is 1.69. The van der Waals surface area contributed by atoms with Crippen molar-refractivity contribution in [2.45, 2.75) is 32.4 Å². The molecule has 1 aromatic heterocycles. The lowest BCUT2D eigenvalue weighted by molar-refractivity contribution is 0.0649. The Hall–Kier alpha value is -1.88. The maximum absolute atomic E-state index is 9.90. The highest BCUT2D eigenvalue weighted by Gasteiger charge is 2.21. The zero-order valence-corrected chi connectivity index (χ0v) is 11.8. The molecule has 5 heteroatoms. The second-order valence-electron chi connectivity index (χ2n) is 5.36. The quantitative estimate of drug-likeness (QED) is 0.883. The van der Waals surface area contributed by atoms with Crippen LogP contribution in [0.1, 0.15) is 20.8 Å². The van der Waals surface area contributed by atoms with Crippen molar-refractivity contribution >= 4 is 5.69 Å². The van der Waals surface area contributed by atoms with Gasteiger partial charge in [-0.25, -0.2) is 0 Å². The third-order valence-corrected chi connectivity index (χ3v) is 3.30. The van der Waals surface area contributed by atoms with Crippen molar-refractivity contribution in [2.75, 3.05) is 5.32 Å². The van der Waals surface area contributed by atoms with E-state index in [9.17, 15) is 5.11 Å². The van der Waals surface area contributed by atoms with Gasteiger partial charge in [-0.15, -0.1) is 10.2 Å². The van der Waals surface area contributed by atoms with Crippen LogP contribution in [0.25, 0.3) is 11.4 Å². The minimum Gasteiger partial charge on any atom is -0.388 e. The van der Waals surface area contributed by atoms with Crippen molar-refractivity contribution in [3.63, 3.8) is 0 Å². The van der Waals surface area contributed by atoms with Gasteiger partial charge in [-0.3, -0.25) is 0 Å². The molecule has 0 aliphatic carbocycles. The molecule has 0 spiro atoms. The Morgan fingerprint density at radius 1 is 1.26 bits per heavy atom. The Labute approximate surface area is 113 Å². The first kappa shape index (κ1) is 13.5. The predicted octanol–water partition coefficient (Wildman–Crippen LogP) is 2.05. The van der Waals surface area contributed by atoms with Gasteiger partial charge in [0.2, 0.25) is 0 Å². The second-order valence-corrected chi connectivity index (χ2v) is 5.36. The van der Waals surface area contributed by atoms with E-state index in [1.807, 2.05) is 42.8 Å². The van der Waals surface area contributed by atoms with Crippen molar-refractivity contribution in [1.29, 1.82) is 0 Å². The summed E-state index contributed by atoms with van der Waals surface area (Å²) in [6.45, 7) is 5.54. The highest BCUT2D eigenvalue weighted by atomic mass is 16.3. The smallest absolute Gasteiger partial charge is 0.163 e. The summed E-state index contributed by atoms with van der Waals surface area (Å²) in [5, 5.41) is 21.1. The SMILES string of the molecule is CC(Nc1ccc(-c2nncn2C)cc1)C(C)(C)O. The fraction of sp³-hybridized carbons (Fsp3) is 0.429. The molecule has 2 aromatic rings. The van der Waals surface area contributed by atoms with Gasteiger partial charge in [0.25, 0.3) is 0 Å². The van der Waals surface area contributed by atoms with Gasteiger partial charge >= 0.3 is 0 Å². The summed E-state index contributed by atoms with van der Waals surface area (Å²) < 4.78 is 1.88. The molecule has 2 rings (SSSR count). The number of hydrogen-bond acceptors (Lipinski definition) is 4. The molecular weight excluding hydrogens is 240 g/mol. The number of anilines is 1. The third-order valence-electron chi connectivity index (χ3n) is 3.30. The van der Waals surface area contributed by atoms with Gasteiger partial charge in [0.15, 0.2) is 5.82 Å². The van der Waals surface area contributed by atoms with Crippen LogP contribution in [0.3, 0.4) is 0 Å². The van der Waals surface area contributed by atoms with Crippen molar-refractivity contribution in [3.8, 4) is 11.4 Å². The Morgan fingerprint density at radius 2 is 1.89 bits per heavy atom. The molecule has 1 unspecified atom stereocenters. The van der Waals surface area contributed by atoms with E-state index in [1.165, 1.54) is 0 Å². The lowest BCUT2D eigenvalue weighted by Crippen LogP contribution is -2.39. The minimum atomic E-state index is -0.762. The Balaban J connectivity index is 2.14. The van der Waals surface area contributed by atoms with Crippen molar-refractivity contribution < 1.29 is 5.11 Å². The molecule has 0 saturated heterocycles. The lowest BCUT2D eigenvalue weighted by atomic mass is 10.0. The zero-order valence-electron chi connectivity index (χ0n) is 11.8. The van der Waals surface area contributed by atoms with Crippen molar-refractivity contribution in [1.82, 2.24) is 14.8 Å². The van der Waals surface area contributed by atoms with Crippen molar-refractivity contribution in [3.05, 3.63) is 30.6 Å². The first-order chi connectivity index (χ1) is 8.88. The Morgan fingerprint density at radius 3 is 2.37 bits per heavy atom. The molecule has 0 bridgehead atoms. The first-order valence-electron chi connectivity index (χ1n) is 6.31. The maximum Gasteiger partial charge on any atom is 0.163 e. The number of hydrogen-bond donors (Lipinski definition) is 2. The van der Waals surface area contributed by atoms with Crippen molar-refractivity contribution in [2.24, 2.45) is 7.05 Å². The molecule has 1 heterocycles. The standard InChI is InChI=1S/C14H20N4O/c1-10(14(2,3)19)16-12-7-5-11(6-8-12)13-17-15-9-18(13)4/h5-10,16,19H,1-4H3. The largest absolute Gasteiger partial charge is 0.388 e. The molecule has 1 atom stereocenters. The van der Waals surface area contributed by atoms with E-state index in [1.54, 1.807) is 20.2 Å². The van der Waals surface area contributed by atoms with Gasteiger partial charge in [-0.05, 0) is 45.0 Å². The van der Waals surface area contributed by atoms with E-state index in [-0.39, 0.29) is 6.04 Å². The Kier molecular flexibility index (Phi) is 3.57. The zero-order chi connectivity index (χ0) is 14.0. The summed E-state index contributed by atoms with van der Waals surface area (Å²) in [5.74, 6) is 0.835. The predicted molar refractivity (Wildman–Crippen MR) is 75.8 cm³/mol. The molecule has 0 saturated carbocycles. The van der Waals surface area contributed by atoms with Gasteiger partial charge in [0.05, 0.1) is 11.6 Å². The van der Waals surface area contributed by atoms with E-state index in [0.29, 0.717) is 0 Å². The number of benzene rings is 1. The van der Waals surface area contributed by atoms with Gasteiger partial charge in [0.1, 0.15) is 6.33 Å². The topological polar surface area (TPSA) is 63.0 Å². The van der Waals surface area contributed by atoms with Crippen LogP contribution in [0.5, 0.6) is 0 Å². The molecule has 0 radical (unpaired) electrons. The second kappa shape index (κ2) is 5.01. The van der Waals surface area contributed by atoms with Crippen LogP contribution in [0, 0.1) is 0 Å². The van der Waals surface area contributed by atoms with Crippen LogP contribution in [0.2, 0.25) is 0 Å². The number of aryl methyl sites for hydroxylation is 1. The maximum atomic E-state index is 9.90. The van der Waals surface area contributed by atoms with Gasteiger partial charge in [-0.2, -0.15) is 0 Å². The van der Waals surface area contributed by atoms with E-state index in [2.05, 4.69) is 15.5 Å². The molecule has 0 amide bonds. The van der Waals surface area contributed by atoms with E-state index >= 15 is 0 Å². The Bertz CT molecular complexity index is 539. The highest BCUT2D eigenvalue weighted by Crippen LogP contribution is 2.20. The number of aliphatic hydroxyl groups is 1. The summed E-state index contributed by atoms with van der Waals surface area (Å²) in [5.41, 5.74) is 1.23. The number of rotatable bonds is 4. The van der Waals surface area contributed by atoms with Gasteiger partial charge in [0, 0.05) is 18.3 Å². The third kappa shape index (κ3) is 3.12. The van der Waals surface area contributed by atoms with Gasteiger partial charge in [-0.1, -0.05) is 0 Å². The summed E-state index contributed by atoms with van der Waals surface area (Å²) >= 11 is 0. The molecule has 2 N–H and O–H groups in total. The molecule has 102 valence electrons. The lowest BCUT2D eigenvalue weighted by Gasteiger charge is -2.27. The van der Waals surface area contributed by atoms with Crippen LogP contribution in [0.15, 0.2) is 30.6 Å².